The fraction of sp³-hybridized carbons (Fsp3) is 0.381. The second-order valence-corrected chi connectivity index (χ2v) is 8.35. The van der Waals surface area contributed by atoms with Crippen LogP contribution in [0.5, 0.6) is 0 Å². The molecule has 3 aromatic rings. The van der Waals surface area contributed by atoms with Crippen molar-refractivity contribution >= 4 is 11.6 Å². The van der Waals surface area contributed by atoms with Crippen molar-refractivity contribution < 1.29 is 22.4 Å². The van der Waals surface area contributed by atoms with E-state index in [0.717, 1.165) is 30.8 Å². The summed E-state index contributed by atoms with van der Waals surface area (Å²) in [6, 6.07) is 5.46. The van der Waals surface area contributed by atoms with Crippen molar-refractivity contribution in [2.24, 2.45) is 5.92 Å². The Bertz CT molecular complexity index is 1170. The van der Waals surface area contributed by atoms with E-state index < -0.39 is 12.0 Å². The number of imidazole rings is 1. The molecule has 1 N–H and O–H groups in total. The molecule has 4 heterocycles. The third-order valence-corrected chi connectivity index (χ3v) is 5.83. The number of hydrazine groups is 1. The number of hydrogen-bond donors (Lipinski definition) is 1. The first kappa shape index (κ1) is 21.9. The van der Waals surface area contributed by atoms with Gasteiger partial charge in [0.25, 0.3) is 11.7 Å². The van der Waals surface area contributed by atoms with Gasteiger partial charge in [0.2, 0.25) is 0 Å². The van der Waals surface area contributed by atoms with Crippen LogP contribution in [0.25, 0.3) is 17.3 Å². The normalized spacial score (nSPS) is 19.9. The van der Waals surface area contributed by atoms with E-state index in [9.17, 15) is 13.2 Å². The monoisotopic (exact) mass is 480 g/mol. The summed E-state index contributed by atoms with van der Waals surface area (Å²) in [5.41, 5.74) is 5.95. The summed E-state index contributed by atoms with van der Waals surface area (Å²) in [4.78, 5) is 7.83. The van der Waals surface area contributed by atoms with Crippen LogP contribution in [0.3, 0.4) is 0 Å². The van der Waals surface area contributed by atoms with Crippen LogP contribution in [0.4, 0.5) is 13.2 Å². The third kappa shape index (κ3) is 4.61. The summed E-state index contributed by atoms with van der Waals surface area (Å²) in [5.74, 6) is -1.21. The minimum absolute atomic E-state index is 0.202. The van der Waals surface area contributed by atoms with Gasteiger partial charge in [0, 0.05) is 43.3 Å². The number of nitrogens with zero attached hydrogens (tertiary/aromatic N) is 5. The minimum atomic E-state index is -4.70. The van der Waals surface area contributed by atoms with E-state index in [0.29, 0.717) is 36.2 Å². The molecule has 8 nitrogen and oxygen atoms in total. The number of fused-ring (bicyclic) bond motifs is 3. The van der Waals surface area contributed by atoms with Gasteiger partial charge in [-0.25, -0.2) is 10.4 Å². The van der Waals surface area contributed by atoms with Crippen LogP contribution in [0.15, 0.2) is 41.3 Å². The van der Waals surface area contributed by atoms with E-state index >= 15 is 0 Å². The van der Waals surface area contributed by atoms with Gasteiger partial charge in [0.1, 0.15) is 6.33 Å². The Labute approximate surface area is 192 Å². The maximum absolute atomic E-state index is 13.0. The maximum Gasteiger partial charge on any atom is 0.455 e. The fourth-order valence-electron chi connectivity index (χ4n) is 3.98. The highest BCUT2D eigenvalue weighted by Gasteiger charge is 2.38. The van der Waals surface area contributed by atoms with Gasteiger partial charge in [-0.3, -0.25) is 0 Å². The van der Waals surface area contributed by atoms with Gasteiger partial charge in [-0.2, -0.15) is 18.2 Å². The van der Waals surface area contributed by atoms with E-state index in [1.54, 1.807) is 6.07 Å². The van der Waals surface area contributed by atoms with Crippen LogP contribution in [-0.4, -0.2) is 44.5 Å². The van der Waals surface area contributed by atoms with Crippen LogP contribution in [0, 0.1) is 5.92 Å². The second-order valence-electron chi connectivity index (χ2n) is 7.91. The average Bonchev–Trinajstić information content (AvgIpc) is 3.52. The molecule has 0 radical (unpaired) electrons. The molecule has 174 valence electrons. The Kier molecular flexibility index (Phi) is 5.85. The third-order valence-electron chi connectivity index (χ3n) is 5.60. The standard InChI is InChI=1S/C21H20ClF3N6O2/c22-15-3-4-16-14(8-15)9-27-30(10-13-5-7-32-11-13)6-1-2-17-18(26-12-31(16)17)19-28-20(29-33-19)21(23,24)25/h1,3-4,6,8,12-13,27H,2,5,7,9-11H2/b6-1+. The quantitative estimate of drug-likeness (QED) is 0.606. The molecule has 1 atom stereocenters. The van der Waals surface area contributed by atoms with Gasteiger partial charge < -0.3 is 18.8 Å². The number of halogens is 4. The lowest BCUT2D eigenvalue weighted by molar-refractivity contribution is -0.146. The summed E-state index contributed by atoms with van der Waals surface area (Å²) in [6.07, 6.45) is 2.04. The molecule has 0 aliphatic carbocycles. The van der Waals surface area contributed by atoms with Gasteiger partial charge in [-0.15, -0.1) is 0 Å². The molecule has 2 aliphatic heterocycles. The van der Waals surface area contributed by atoms with Crippen molar-refractivity contribution in [3.05, 3.63) is 58.9 Å². The molecule has 1 aromatic carbocycles. The Balaban J connectivity index is 1.54. The molecule has 1 saturated heterocycles. The first-order valence-electron chi connectivity index (χ1n) is 10.4. The number of alkyl halides is 3. The number of aromatic nitrogens is 4. The SMILES string of the molecule is FC(F)(F)c1noc(-c2ncn3c2C/C=C/N(CC2CCOC2)NCc2cc(Cl)ccc2-3)n1. The lowest BCUT2D eigenvalue weighted by Gasteiger charge is -2.26. The summed E-state index contributed by atoms with van der Waals surface area (Å²) in [5, 5.41) is 5.65. The molecule has 1 unspecified atom stereocenters. The zero-order chi connectivity index (χ0) is 23.0. The summed E-state index contributed by atoms with van der Waals surface area (Å²) in [6.45, 7) is 2.72. The minimum Gasteiger partial charge on any atom is -0.381 e. The van der Waals surface area contributed by atoms with Gasteiger partial charge >= 0.3 is 6.18 Å². The predicted octanol–water partition coefficient (Wildman–Crippen LogP) is 4.01. The molecular formula is C21H20ClF3N6O2. The van der Waals surface area contributed by atoms with Crippen LogP contribution in [0.2, 0.25) is 5.02 Å². The molecule has 33 heavy (non-hydrogen) atoms. The van der Waals surface area contributed by atoms with Gasteiger partial charge in [0.15, 0.2) is 5.69 Å². The number of rotatable bonds is 3. The highest BCUT2D eigenvalue weighted by Crippen LogP contribution is 2.31. The van der Waals surface area contributed by atoms with Gasteiger partial charge in [-0.05, 0) is 30.2 Å². The maximum atomic E-state index is 13.0. The fourth-order valence-corrected chi connectivity index (χ4v) is 4.18. The van der Waals surface area contributed by atoms with Crippen LogP contribution < -0.4 is 5.43 Å². The van der Waals surface area contributed by atoms with Crippen LogP contribution >= 0.6 is 11.6 Å². The van der Waals surface area contributed by atoms with Crippen molar-refractivity contribution in [3.63, 3.8) is 0 Å². The number of ether oxygens (including phenoxy) is 1. The molecule has 0 amide bonds. The van der Waals surface area contributed by atoms with Crippen molar-refractivity contribution in [2.75, 3.05) is 19.8 Å². The zero-order valence-corrected chi connectivity index (χ0v) is 18.1. The second kappa shape index (κ2) is 8.81. The smallest absolute Gasteiger partial charge is 0.381 e. The van der Waals surface area contributed by atoms with E-state index in [-0.39, 0.29) is 11.6 Å². The van der Waals surface area contributed by atoms with E-state index in [4.69, 9.17) is 20.9 Å². The first-order valence-corrected chi connectivity index (χ1v) is 10.8. The molecule has 2 aromatic heterocycles. The van der Waals surface area contributed by atoms with Crippen LogP contribution in [-0.2, 0) is 23.9 Å². The number of hydrogen-bond acceptors (Lipinski definition) is 7. The Morgan fingerprint density at radius 2 is 2.15 bits per heavy atom. The summed E-state index contributed by atoms with van der Waals surface area (Å²) in [7, 11) is 0. The zero-order valence-electron chi connectivity index (χ0n) is 17.3. The molecule has 0 spiro atoms. The number of nitrogens with one attached hydrogen (secondary N) is 1. The summed E-state index contributed by atoms with van der Waals surface area (Å²) < 4.78 is 51.2. The van der Waals surface area contributed by atoms with Crippen LogP contribution in [0.1, 0.15) is 23.5 Å². The van der Waals surface area contributed by atoms with E-state index in [1.165, 1.54) is 6.33 Å². The molecule has 0 bridgehead atoms. The van der Waals surface area contributed by atoms with Gasteiger partial charge in [0.05, 0.1) is 18.0 Å². The topological polar surface area (TPSA) is 81.2 Å². The Morgan fingerprint density at radius 3 is 2.91 bits per heavy atom. The van der Waals surface area contributed by atoms with Crippen molar-refractivity contribution in [3.8, 4) is 17.3 Å². The van der Waals surface area contributed by atoms with E-state index in [1.807, 2.05) is 34.0 Å². The highest BCUT2D eigenvalue weighted by atomic mass is 35.5. The highest BCUT2D eigenvalue weighted by molar-refractivity contribution is 6.30. The van der Waals surface area contributed by atoms with Crippen molar-refractivity contribution in [1.29, 1.82) is 0 Å². The van der Waals surface area contributed by atoms with Crippen molar-refractivity contribution in [2.45, 2.75) is 25.6 Å². The number of allylic oxidation sites excluding steroid dienone is 1. The summed E-state index contributed by atoms with van der Waals surface area (Å²) >= 11 is 6.25. The average molecular weight is 481 g/mol. The number of benzene rings is 1. The Hall–Kier alpha value is -2.89. The molecular weight excluding hydrogens is 461 g/mol. The predicted molar refractivity (Wildman–Crippen MR) is 112 cm³/mol. The Morgan fingerprint density at radius 1 is 1.27 bits per heavy atom. The molecule has 1 fully saturated rings. The molecule has 5 rings (SSSR count). The lowest BCUT2D eigenvalue weighted by Crippen LogP contribution is -2.37. The lowest BCUT2D eigenvalue weighted by atomic mass is 10.1. The van der Waals surface area contributed by atoms with Gasteiger partial charge in [-0.1, -0.05) is 22.8 Å². The largest absolute Gasteiger partial charge is 0.455 e. The molecule has 0 saturated carbocycles. The molecule has 12 heteroatoms. The van der Waals surface area contributed by atoms with Crippen molar-refractivity contribution in [1.82, 2.24) is 30.1 Å². The molecule has 2 aliphatic rings. The first-order chi connectivity index (χ1) is 15.9. The van der Waals surface area contributed by atoms with E-state index in [2.05, 4.69) is 20.6 Å².